The van der Waals surface area contributed by atoms with E-state index in [2.05, 4.69) is 4.74 Å². The number of carbonyl (C=O) groups is 1. The number of esters is 1. The highest BCUT2D eigenvalue weighted by Crippen LogP contribution is 2.25. The largest absolute Gasteiger partial charge is 0.468 e. The Bertz CT molecular complexity index is 168. The summed E-state index contributed by atoms with van der Waals surface area (Å²) in [5.74, 6) is 0.0850. The minimum atomic E-state index is -0.400. The molecule has 0 amide bonds. The SMILES string of the molecule is COC(=O)C(N)C1CCCCCC1.Cl. The smallest absolute Gasteiger partial charge is 0.322 e. The number of hydrogen-bond donors (Lipinski definition) is 1. The molecule has 0 aromatic heterocycles. The summed E-state index contributed by atoms with van der Waals surface area (Å²) in [5, 5.41) is 0. The number of hydrogen-bond acceptors (Lipinski definition) is 3. The molecular formula is C10H20ClNO2. The number of carbonyl (C=O) groups excluding carboxylic acids is 1. The zero-order chi connectivity index (χ0) is 9.68. The quantitative estimate of drug-likeness (QED) is 0.572. The average Bonchev–Trinajstić information content (AvgIpc) is 2.43. The topological polar surface area (TPSA) is 52.3 Å². The van der Waals surface area contributed by atoms with Crippen LogP contribution < -0.4 is 5.73 Å². The van der Waals surface area contributed by atoms with E-state index < -0.39 is 6.04 Å². The van der Waals surface area contributed by atoms with Crippen molar-refractivity contribution in [1.82, 2.24) is 0 Å². The molecule has 1 aliphatic rings. The lowest BCUT2D eigenvalue weighted by Crippen LogP contribution is -2.38. The van der Waals surface area contributed by atoms with E-state index in [9.17, 15) is 4.79 Å². The highest BCUT2D eigenvalue weighted by molar-refractivity contribution is 5.85. The maximum atomic E-state index is 11.2. The number of methoxy groups -OCH3 is 1. The van der Waals surface area contributed by atoms with Crippen molar-refractivity contribution in [1.29, 1.82) is 0 Å². The molecule has 1 rings (SSSR count). The standard InChI is InChI=1S/C10H19NO2.ClH/c1-13-10(12)9(11)8-6-4-2-3-5-7-8;/h8-9H,2-7,11H2,1H3;1H. The van der Waals surface area contributed by atoms with Crippen molar-refractivity contribution in [3.63, 3.8) is 0 Å². The second kappa shape index (κ2) is 7.07. The average molecular weight is 222 g/mol. The molecule has 84 valence electrons. The van der Waals surface area contributed by atoms with Gasteiger partial charge in [-0.25, -0.2) is 0 Å². The van der Waals surface area contributed by atoms with E-state index >= 15 is 0 Å². The van der Waals surface area contributed by atoms with Crippen molar-refractivity contribution >= 4 is 18.4 Å². The number of nitrogens with two attached hydrogens (primary N) is 1. The third-order valence-electron chi connectivity index (χ3n) is 2.88. The van der Waals surface area contributed by atoms with Crippen molar-refractivity contribution in [2.75, 3.05) is 7.11 Å². The van der Waals surface area contributed by atoms with Crippen LogP contribution in [0, 0.1) is 5.92 Å². The third kappa shape index (κ3) is 3.84. The van der Waals surface area contributed by atoms with Gasteiger partial charge in [-0.15, -0.1) is 12.4 Å². The van der Waals surface area contributed by atoms with Crippen LogP contribution in [0.15, 0.2) is 0 Å². The molecule has 0 saturated heterocycles. The van der Waals surface area contributed by atoms with Gasteiger partial charge in [0.2, 0.25) is 0 Å². The fourth-order valence-corrected chi connectivity index (χ4v) is 2.00. The Kier molecular flexibility index (Phi) is 6.93. The molecule has 0 bridgehead atoms. The molecule has 14 heavy (non-hydrogen) atoms. The highest BCUT2D eigenvalue weighted by Gasteiger charge is 2.25. The van der Waals surface area contributed by atoms with Gasteiger partial charge in [0.05, 0.1) is 7.11 Å². The molecule has 1 unspecified atom stereocenters. The first-order valence-electron chi connectivity index (χ1n) is 5.09. The van der Waals surface area contributed by atoms with E-state index in [4.69, 9.17) is 5.73 Å². The Morgan fingerprint density at radius 2 is 1.79 bits per heavy atom. The first kappa shape index (κ1) is 13.7. The van der Waals surface area contributed by atoms with Gasteiger partial charge in [-0.05, 0) is 18.8 Å². The summed E-state index contributed by atoms with van der Waals surface area (Å²) < 4.78 is 4.64. The van der Waals surface area contributed by atoms with Crippen LogP contribution in [0.3, 0.4) is 0 Å². The summed E-state index contributed by atoms with van der Waals surface area (Å²) >= 11 is 0. The van der Waals surface area contributed by atoms with Crippen LogP contribution in [0.5, 0.6) is 0 Å². The third-order valence-corrected chi connectivity index (χ3v) is 2.88. The maximum absolute atomic E-state index is 11.2. The van der Waals surface area contributed by atoms with Crippen molar-refractivity contribution < 1.29 is 9.53 Å². The Balaban J connectivity index is 0.00000169. The van der Waals surface area contributed by atoms with Crippen LogP contribution in [0.4, 0.5) is 0 Å². The normalized spacial score (nSPS) is 20.4. The summed E-state index contributed by atoms with van der Waals surface area (Å²) in [6.07, 6.45) is 7.13. The van der Waals surface area contributed by atoms with Crippen LogP contribution in [-0.4, -0.2) is 19.1 Å². The molecule has 0 heterocycles. The van der Waals surface area contributed by atoms with Gasteiger partial charge in [0.15, 0.2) is 0 Å². The molecule has 1 saturated carbocycles. The molecule has 0 radical (unpaired) electrons. The van der Waals surface area contributed by atoms with Gasteiger partial charge < -0.3 is 10.5 Å². The number of halogens is 1. The summed E-state index contributed by atoms with van der Waals surface area (Å²) in [6.45, 7) is 0. The number of rotatable bonds is 2. The van der Waals surface area contributed by atoms with E-state index in [-0.39, 0.29) is 18.4 Å². The monoisotopic (exact) mass is 221 g/mol. The molecule has 0 spiro atoms. The summed E-state index contributed by atoms with van der Waals surface area (Å²) in [6, 6.07) is -0.400. The van der Waals surface area contributed by atoms with Gasteiger partial charge >= 0.3 is 5.97 Å². The maximum Gasteiger partial charge on any atom is 0.322 e. The van der Waals surface area contributed by atoms with E-state index in [1.165, 1.54) is 32.8 Å². The van der Waals surface area contributed by atoms with Crippen molar-refractivity contribution in [3.8, 4) is 0 Å². The first-order valence-corrected chi connectivity index (χ1v) is 5.09. The Labute approximate surface area is 91.8 Å². The molecule has 0 aromatic carbocycles. The summed E-state index contributed by atoms with van der Waals surface area (Å²) in [5.41, 5.74) is 5.80. The van der Waals surface area contributed by atoms with Crippen LogP contribution in [-0.2, 0) is 9.53 Å². The summed E-state index contributed by atoms with van der Waals surface area (Å²) in [7, 11) is 1.40. The van der Waals surface area contributed by atoms with Crippen LogP contribution in [0.25, 0.3) is 0 Å². The van der Waals surface area contributed by atoms with E-state index in [0.717, 1.165) is 12.8 Å². The van der Waals surface area contributed by atoms with E-state index in [1.54, 1.807) is 0 Å². The predicted octanol–water partition coefficient (Wildman–Crippen LogP) is 1.88. The zero-order valence-corrected chi connectivity index (χ0v) is 9.52. The molecule has 1 aliphatic carbocycles. The molecule has 3 nitrogen and oxygen atoms in total. The molecule has 4 heteroatoms. The van der Waals surface area contributed by atoms with Crippen LogP contribution in [0.1, 0.15) is 38.5 Å². The summed E-state index contributed by atoms with van der Waals surface area (Å²) in [4.78, 5) is 11.2. The lowest BCUT2D eigenvalue weighted by Gasteiger charge is -2.19. The lowest BCUT2D eigenvalue weighted by molar-refractivity contribution is -0.143. The molecule has 2 N–H and O–H groups in total. The Morgan fingerprint density at radius 1 is 1.29 bits per heavy atom. The van der Waals surface area contributed by atoms with Crippen LogP contribution >= 0.6 is 12.4 Å². The van der Waals surface area contributed by atoms with Gasteiger partial charge in [0, 0.05) is 0 Å². The second-order valence-electron chi connectivity index (χ2n) is 3.80. The minimum Gasteiger partial charge on any atom is -0.468 e. The Hall–Kier alpha value is -0.280. The molecular weight excluding hydrogens is 202 g/mol. The van der Waals surface area contributed by atoms with E-state index in [0.29, 0.717) is 5.92 Å². The highest BCUT2D eigenvalue weighted by atomic mass is 35.5. The minimum absolute atomic E-state index is 0. The first-order chi connectivity index (χ1) is 6.25. The van der Waals surface area contributed by atoms with Gasteiger partial charge in [-0.3, -0.25) is 4.79 Å². The molecule has 1 fully saturated rings. The Morgan fingerprint density at radius 3 is 2.21 bits per heavy atom. The molecule has 0 aliphatic heterocycles. The lowest BCUT2D eigenvalue weighted by atomic mass is 9.92. The van der Waals surface area contributed by atoms with Gasteiger partial charge in [0.25, 0.3) is 0 Å². The molecule has 1 atom stereocenters. The van der Waals surface area contributed by atoms with Gasteiger partial charge in [-0.2, -0.15) is 0 Å². The zero-order valence-electron chi connectivity index (χ0n) is 8.70. The second-order valence-corrected chi connectivity index (χ2v) is 3.80. The van der Waals surface area contributed by atoms with Crippen LogP contribution in [0.2, 0.25) is 0 Å². The predicted molar refractivity (Wildman–Crippen MR) is 58.4 cm³/mol. The fourth-order valence-electron chi connectivity index (χ4n) is 2.00. The van der Waals surface area contributed by atoms with Gasteiger partial charge in [-0.1, -0.05) is 25.7 Å². The molecule has 0 aromatic rings. The fraction of sp³-hybridized carbons (Fsp3) is 0.900. The van der Waals surface area contributed by atoms with Crippen molar-refractivity contribution in [3.05, 3.63) is 0 Å². The van der Waals surface area contributed by atoms with Crippen molar-refractivity contribution in [2.24, 2.45) is 11.7 Å². The van der Waals surface area contributed by atoms with Gasteiger partial charge in [0.1, 0.15) is 6.04 Å². The van der Waals surface area contributed by atoms with E-state index in [1.807, 2.05) is 0 Å². The number of ether oxygens (including phenoxy) is 1. The van der Waals surface area contributed by atoms with Crippen molar-refractivity contribution in [2.45, 2.75) is 44.6 Å².